The van der Waals surface area contributed by atoms with Crippen LogP contribution in [-0.4, -0.2) is 19.7 Å². The number of carbonyl (C=O) groups excluding carboxylic acids is 1. The van der Waals surface area contributed by atoms with Crippen LogP contribution in [0.5, 0.6) is 17.2 Å². The van der Waals surface area contributed by atoms with E-state index in [0.29, 0.717) is 23.7 Å². The van der Waals surface area contributed by atoms with Crippen LogP contribution in [0.25, 0.3) is 0 Å². The van der Waals surface area contributed by atoms with Crippen LogP contribution >= 0.6 is 0 Å². The van der Waals surface area contributed by atoms with Gasteiger partial charge in [-0.1, -0.05) is 6.08 Å². The Hall–Kier alpha value is -2.75. The van der Waals surface area contributed by atoms with Gasteiger partial charge < -0.3 is 14.2 Å². The third-order valence-electron chi connectivity index (χ3n) is 3.68. The lowest BCUT2D eigenvalue weighted by molar-refractivity contribution is 0.0734. The van der Waals surface area contributed by atoms with Gasteiger partial charge in [0.1, 0.15) is 17.2 Å². The molecule has 0 saturated carbocycles. The maximum atomic E-state index is 12.1. The van der Waals surface area contributed by atoms with Crippen LogP contribution in [0, 0.1) is 0 Å². The monoisotopic (exact) mass is 340 g/mol. The predicted molar refractivity (Wildman–Crippen MR) is 98.6 cm³/mol. The summed E-state index contributed by atoms with van der Waals surface area (Å²) in [5.74, 6) is 1.54. The fraction of sp³-hybridized carbons (Fsp3) is 0.286. The van der Waals surface area contributed by atoms with Crippen molar-refractivity contribution in [2.24, 2.45) is 0 Å². The normalized spacial score (nSPS) is 10.1. The molecule has 0 amide bonds. The summed E-state index contributed by atoms with van der Waals surface area (Å²) in [5, 5.41) is 0. The SMILES string of the molecule is C=CCCCCCOc1ccc(C(=O)Oc2ccc(OC)cc2)cc1. The topological polar surface area (TPSA) is 44.8 Å². The van der Waals surface area contributed by atoms with E-state index in [1.54, 1.807) is 55.6 Å². The Balaban J connectivity index is 1.79. The van der Waals surface area contributed by atoms with Gasteiger partial charge in [0.05, 0.1) is 19.3 Å². The molecule has 0 radical (unpaired) electrons. The highest BCUT2D eigenvalue weighted by atomic mass is 16.5. The van der Waals surface area contributed by atoms with Gasteiger partial charge in [-0.2, -0.15) is 0 Å². The average Bonchev–Trinajstić information content (AvgIpc) is 2.65. The van der Waals surface area contributed by atoms with Crippen molar-refractivity contribution >= 4 is 5.97 Å². The number of carbonyl (C=O) groups is 1. The van der Waals surface area contributed by atoms with Gasteiger partial charge in [0.2, 0.25) is 0 Å². The van der Waals surface area contributed by atoms with E-state index < -0.39 is 5.97 Å². The maximum absolute atomic E-state index is 12.1. The van der Waals surface area contributed by atoms with Crippen molar-refractivity contribution in [1.82, 2.24) is 0 Å². The van der Waals surface area contributed by atoms with Crippen LogP contribution in [0.2, 0.25) is 0 Å². The molecule has 2 rings (SSSR count). The Morgan fingerprint density at radius 1 is 0.920 bits per heavy atom. The van der Waals surface area contributed by atoms with Crippen molar-refractivity contribution < 1.29 is 19.0 Å². The highest BCUT2D eigenvalue weighted by Crippen LogP contribution is 2.19. The minimum atomic E-state index is -0.402. The predicted octanol–water partition coefficient (Wildman–Crippen LogP) is 5.04. The molecule has 0 aromatic heterocycles. The van der Waals surface area contributed by atoms with Crippen molar-refractivity contribution in [2.45, 2.75) is 25.7 Å². The Labute approximate surface area is 149 Å². The summed E-state index contributed by atoms with van der Waals surface area (Å²) in [7, 11) is 1.59. The first-order valence-electron chi connectivity index (χ1n) is 8.43. The number of ether oxygens (including phenoxy) is 3. The molecule has 0 aliphatic rings. The van der Waals surface area contributed by atoms with E-state index >= 15 is 0 Å². The summed E-state index contributed by atoms with van der Waals surface area (Å²) in [6.07, 6.45) is 6.26. The minimum absolute atomic E-state index is 0.402. The number of unbranched alkanes of at least 4 members (excludes halogenated alkanes) is 3. The summed E-state index contributed by atoms with van der Waals surface area (Å²) < 4.78 is 16.1. The minimum Gasteiger partial charge on any atom is -0.497 e. The van der Waals surface area contributed by atoms with Crippen LogP contribution in [-0.2, 0) is 0 Å². The molecule has 0 saturated heterocycles. The van der Waals surface area contributed by atoms with Gasteiger partial charge in [0.25, 0.3) is 0 Å². The molecule has 2 aromatic carbocycles. The van der Waals surface area contributed by atoms with Gasteiger partial charge in [-0.15, -0.1) is 6.58 Å². The fourth-order valence-corrected chi connectivity index (χ4v) is 2.25. The van der Waals surface area contributed by atoms with Crippen molar-refractivity contribution in [3.05, 3.63) is 66.7 Å². The highest BCUT2D eigenvalue weighted by Gasteiger charge is 2.09. The molecule has 0 spiro atoms. The molecule has 0 bridgehead atoms. The largest absolute Gasteiger partial charge is 0.497 e. The van der Waals surface area contributed by atoms with Crippen molar-refractivity contribution in [3.8, 4) is 17.2 Å². The van der Waals surface area contributed by atoms with Crippen molar-refractivity contribution in [2.75, 3.05) is 13.7 Å². The van der Waals surface area contributed by atoms with Crippen LogP contribution in [0.15, 0.2) is 61.2 Å². The van der Waals surface area contributed by atoms with E-state index in [2.05, 4.69) is 6.58 Å². The first-order chi connectivity index (χ1) is 12.2. The summed E-state index contributed by atoms with van der Waals surface area (Å²) >= 11 is 0. The van der Waals surface area contributed by atoms with Gasteiger partial charge in [0, 0.05) is 0 Å². The van der Waals surface area contributed by atoms with E-state index in [9.17, 15) is 4.79 Å². The molecule has 0 heterocycles. The molecular formula is C21H24O4. The number of rotatable bonds is 10. The van der Waals surface area contributed by atoms with Gasteiger partial charge in [-0.25, -0.2) is 4.79 Å². The van der Waals surface area contributed by atoms with E-state index in [4.69, 9.17) is 14.2 Å². The summed E-state index contributed by atoms with van der Waals surface area (Å²) in [6.45, 7) is 4.38. The third kappa shape index (κ3) is 6.34. The van der Waals surface area contributed by atoms with Gasteiger partial charge in [-0.3, -0.25) is 0 Å². The smallest absolute Gasteiger partial charge is 0.343 e. The Bertz CT molecular complexity index is 659. The molecule has 0 aliphatic heterocycles. The van der Waals surface area contributed by atoms with Gasteiger partial charge >= 0.3 is 5.97 Å². The average molecular weight is 340 g/mol. The zero-order valence-corrected chi connectivity index (χ0v) is 14.6. The molecule has 0 atom stereocenters. The van der Waals surface area contributed by atoms with Crippen LogP contribution in [0.4, 0.5) is 0 Å². The zero-order valence-electron chi connectivity index (χ0n) is 14.6. The fourth-order valence-electron chi connectivity index (χ4n) is 2.25. The molecule has 0 aliphatic carbocycles. The number of benzene rings is 2. The number of hydrogen-bond donors (Lipinski definition) is 0. The second-order valence-corrected chi connectivity index (χ2v) is 5.58. The molecule has 132 valence electrons. The molecular weight excluding hydrogens is 316 g/mol. The first-order valence-corrected chi connectivity index (χ1v) is 8.43. The highest BCUT2D eigenvalue weighted by molar-refractivity contribution is 5.91. The summed E-state index contributed by atoms with van der Waals surface area (Å²) in [5.41, 5.74) is 0.481. The van der Waals surface area contributed by atoms with Crippen molar-refractivity contribution in [1.29, 1.82) is 0 Å². The number of methoxy groups -OCH3 is 1. The van der Waals surface area contributed by atoms with E-state index in [-0.39, 0.29) is 0 Å². The maximum Gasteiger partial charge on any atom is 0.343 e. The first kappa shape index (κ1) is 18.6. The standard InChI is InChI=1S/C21H24O4/c1-3-4-5-6-7-16-24-19-10-8-17(9-11-19)21(22)25-20-14-12-18(23-2)13-15-20/h3,8-15H,1,4-7,16H2,2H3. The number of esters is 1. The lowest BCUT2D eigenvalue weighted by Gasteiger charge is -2.08. The van der Waals surface area contributed by atoms with Gasteiger partial charge in [0.15, 0.2) is 0 Å². The zero-order chi connectivity index (χ0) is 17.9. The molecule has 25 heavy (non-hydrogen) atoms. The summed E-state index contributed by atoms with van der Waals surface area (Å²) in [6, 6.07) is 13.9. The summed E-state index contributed by atoms with van der Waals surface area (Å²) in [4.78, 5) is 12.1. The van der Waals surface area contributed by atoms with Gasteiger partial charge in [-0.05, 0) is 74.2 Å². The molecule has 0 unspecified atom stereocenters. The number of allylic oxidation sites excluding steroid dienone is 1. The number of hydrogen-bond acceptors (Lipinski definition) is 4. The van der Waals surface area contributed by atoms with E-state index in [1.807, 2.05) is 6.08 Å². The van der Waals surface area contributed by atoms with Crippen LogP contribution < -0.4 is 14.2 Å². The van der Waals surface area contributed by atoms with Crippen molar-refractivity contribution in [3.63, 3.8) is 0 Å². The lowest BCUT2D eigenvalue weighted by atomic mass is 10.2. The second-order valence-electron chi connectivity index (χ2n) is 5.58. The Morgan fingerprint density at radius 3 is 2.20 bits per heavy atom. The molecule has 4 nitrogen and oxygen atoms in total. The third-order valence-corrected chi connectivity index (χ3v) is 3.68. The lowest BCUT2D eigenvalue weighted by Crippen LogP contribution is -2.08. The van der Waals surface area contributed by atoms with E-state index in [0.717, 1.165) is 31.4 Å². The van der Waals surface area contributed by atoms with Crippen LogP contribution in [0.3, 0.4) is 0 Å². The Morgan fingerprint density at radius 2 is 1.56 bits per heavy atom. The molecule has 4 heteroatoms. The van der Waals surface area contributed by atoms with E-state index in [1.165, 1.54) is 0 Å². The quantitative estimate of drug-likeness (QED) is 0.263. The van der Waals surface area contributed by atoms with Crippen LogP contribution in [0.1, 0.15) is 36.0 Å². The molecule has 0 N–H and O–H groups in total. The molecule has 0 fully saturated rings. The second kappa shape index (κ2) is 10.2. The Kier molecular flexibility index (Phi) is 7.57. The molecule has 2 aromatic rings.